The molecule has 3 nitrogen and oxygen atoms in total. The number of carbonyl (C=O) groups is 1. The minimum Gasteiger partial charge on any atom is -0.308 e. The van der Waals surface area contributed by atoms with Crippen LogP contribution in [0.4, 0.5) is 38.1 Å². The third-order valence-electron chi connectivity index (χ3n) is 2.65. The van der Waals surface area contributed by atoms with Gasteiger partial charge in [0, 0.05) is 5.69 Å². The highest BCUT2D eigenvalue weighted by atomic mass is 19.4. The van der Waals surface area contributed by atoms with Crippen molar-refractivity contribution in [1.29, 1.82) is 0 Å². The van der Waals surface area contributed by atoms with Crippen LogP contribution in [0.25, 0.3) is 0 Å². The molecule has 0 atom stereocenters. The summed E-state index contributed by atoms with van der Waals surface area (Å²) in [5.74, 6) is -2.42. The molecule has 0 aliphatic carbocycles. The molecule has 0 saturated heterocycles. The lowest BCUT2D eigenvalue weighted by molar-refractivity contribution is -0.137. The van der Waals surface area contributed by atoms with Crippen LogP contribution in [0.1, 0.15) is 5.56 Å². The zero-order chi connectivity index (χ0) is 16.3. The summed E-state index contributed by atoms with van der Waals surface area (Å²) in [6.07, 6.45) is -4.55. The largest absolute Gasteiger partial charge is 0.416 e. The first-order chi connectivity index (χ1) is 10.3. The number of anilines is 2. The van der Waals surface area contributed by atoms with E-state index in [9.17, 15) is 26.7 Å². The minimum atomic E-state index is -4.55. The van der Waals surface area contributed by atoms with Crippen molar-refractivity contribution < 1.29 is 26.7 Å². The first-order valence-corrected chi connectivity index (χ1v) is 5.96. The van der Waals surface area contributed by atoms with E-state index < -0.39 is 35.1 Å². The van der Waals surface area contributed by atoms with Crippen molar-refractivity contribution in [3.63, 3.8) is 0 Å². The van der Waals surface area contributed by atoms with Crippen LogP contribution in [0.3, 0.4) is 0 Å². The van der Waals surface area contributed by atoms with Crippen molar-refractivity contribution in [2.75, 3.05) is 10.6 Å². The molecule has 2 aromatic carbocycles. The van der Waals surface area contributed by atoms with Gasteiger partial charge in [0.05, 0.1) is 11.3 Å². The van der Waals surface area contributed by atoms with Gasteiger partial charge in [-0.1, -0.05) is 12.1 Å². The summed E-state index contributed by atoms with van der Waals surface area (Å²) in [7, 11) is 0. The third-order valence-corrected chi connectivity index (χ3v) is 2.65. The van der Waals surface area contributed by atoms with Crippen LogP contribution in [0, 0.1) is 11.6 Å². The first-order valence-electron chi connectivity index (χ1n) is 5.96. The Morgan fingerprint density at radius 3 is 2.32 bits per heavy atom. The second-order valence-electron chi connectivity index (χ2n) is 4.26. The number of hydrogen-bond donors (Lipinski definition) is 2. The summed E-state index contributed by atoms with van der Waals surface area (Å²) in [4.78, 5) is 11.6. The van der Waals surface area contributed by atoms with Crippen LogP contribution in [0.5, 0.6) is 0 Å². The number of halogens is 5. The number of amides is 2. The molecule has 8 heteroatoms. The Balaban J connectivity index is 2.11. The summed E-state index contributed by atoms with van der Waals surface area (Å²) in [6, 6.07) is 6.08. The van der Waals surface area contributed by atoms with Gasteiger partial charge in [-0.15, -0.1) is 0 Å². The SMILES string of the molecule is O=C(Nc1cccc(C(F)(F)F)c1)Nc1cccc(F)c1F. The number of urea groups is 1. The van der Waals surface area contributed by atoms with Crippen LogP contribution in [-0.2, 0) is 6.18 Å². The first kappa shape index (κ1) is 15.7. The van der Waals surface area contributed by atoms with Gasteiger partial charge in [-0.3, -0.25) is 0 Å². The molecule has 2 rings (SSSR count). The number of rotatable bonds is 2. The average Bonchev–Trinajstić information content (AvgIpc) is 2.43. The van der Waals surface area contributed by atoms with Gasteiger partial charge in [0.25, 0.3) is 0 Å². The van der Waals surface area contributed by atoms with Gasteiger partial charge in [-0.05, 0) is 30.3 Å². The maximum atomic E-state index is 13.4. The molecule has 0 bridgehead atoms. The predicted octanol–water partition coefficient (Wildman–Crippen LogP) is 4.63. The van der Waals surface area contributed by atoms with E-state index in [1.165, 1.54) is 12.1 Å². The maximum Gasteiger partial charge on any atom is 0.416 e. The fourth-order valence-corrected chi connectivity index (χ4v) is 1.66. The second-order valence-corrected chi connectivity index (χ2v) is 4.26. The van der Waals surface area contributed by atoms with Crippen molar-refractivity contribution in [2.45, 2.75) is 6.18 Å². The molecule has 22 heavy (non-hydrogen) atoms. The maximum absolute atomic E-state index is 13.4. The molecule has 0 saturated carbocycles. The summed E-state index contributed by atoms with van der Waals surface area (Å²) in [5, 5.41) is 4.12. The normalized spacial score (nSPS) is 11.1. The molecule has 0 heterocycles. The van der Waals surface area contributed by atoms with Gasteiger partial charge >= 0.3 is 12.2 Å². The summed E-state index contributed by atoms with van der Waals surface area (Å²) in [6.45, 7) is 0. The Labute approximate surface area is 121 Å². The Morgan fingerprint density at radius 1 is 0.955 bits per heavy atom. The molecule has 0 fully saturated rings. The standard InChI is InChI=1S/C14H9F5N2O/c15-10-5-2-6-11(12(10)16)21-13(22)20-9-4-1-3-8(7-9)14(17,18)19/h1-7H,(H2,20,21,22). The third kappa shape index (κ3) is 3.72. The van der Waals surface area contributed by atoms with Gasteiger partial charge in [0.15, 0.2) is 11.6 Å². The van der Waals surface area contributed by atoms with Crippen LogP contribution in [0.15, 0.2) is 42.5 Å². The van der Waals surface area contributed by atoms with Crippen molar-refractivity contribution in [2.24, 2.45) is 0 Å². The molecule has 0 unspecified atom stereocenters. The lowest BCUT2D eigenvalue weighted by Gasteiger charge is -2.11. The molecule has 0 aromatic heterocycles. The van der Waals surface area contributed by atoms with E-state index in [0.717, 1.165) is 30.3 Å². The van der Waals surface area contributed by atoms with Crippen LogP contribution < -0.4 is 10.6 Å². The van der Waals surface area contributed by atoms with Gasteiger partial charge in [-0.2, -0.15) is 13.2 Å². The number of hydrogen-bond acceptors (Lipinski definition) is 1. The molecule has 0 spiro atoms. The Kier molecular flexibility index (Phi) is 4.30. The van der Waals surface area contributed by atoms with E-state index in [4.69, 9.17) is 0 Å². The summed E-state index contributed by atoms with van der Waals surface area (Å²) >= 11 is 0. The molecule has 2 aromatic rings. The molecular formula is C14H9F5N2O. The average molecular weight is 316 g/mol. The van der Waals surface area contributed by atoms with Crippen molar-refractivity contribution in [3.8, 4) is 0 Å². The number of nitrogens with one attached hydrogen (secondary N) is 2. The van der Waals surface area contributed by atoms with Crippen LogP contribution in [0.2, 0.25) is 0 Å². The number of alkyl halides is 3. The lowest BCUT2D eigenvalue weighted by Crippen LogP contribution is -2.20. The topological polar surface area (TPSA) is 41.1 Å². The highest BCUT2D eigenvalue weighted by molar-refractivity contribution is 5.99. The molecule has 0 aliphatic heterocycles. The Bertz CT molecular complexity index is 700. The number of carbonyl (C=O) groups excluding carboxylic acids is 1. The zero-order valence-electron chi connectivity index (χ0n) is 10.8. The van der Waals surface area contributed by atoms with Gasteiger partial charge in [0.2, 0.25) is 0 Å². The lowest BCUT2D eigenvalue weighted by atomic mass is 10.2. The molecule has 2 N–H and O–H groups in total. The molecule has 2 amide bonds. The van der Waals surface area contributed by atoms with Gasteiger partial charge < -0.3 is 10.6 Å². The monoisotopic (exact) mass is 316 g/mol. The van der Waals surface area contributed by atoms with Crippen LogP contribution >= 0.6 is 0 Å². The Morgan fingerprint density at radius 2 is 1.64 bits per heavy atom. The van der Waals surface area contributed by atoms with E-state index in [1.807, 2.05) is 5.32 Å². The van der Waals surface area contributed by atoms with Crippen molar-refractivity contribution >= 4 is 17.4 Å². The second kappa shape index (κ2) is 6.00. The van der Waals surface area contributed by atoms with E-state index in [-0.39, 0.29) is 5.69 Å². The quantitative estimate of drug-likeness (QED) is 0.779. The highest BCUT2D eigenvalue weighted by Gasteiger charge is 2.30. The van der Waals surface area contributed by atoms with E-state index >= 15 is 0 Å². The summed E-state index contributed by atoms with van der Waals surface area (Å²) < 4.78 is 63.9. The van der Waals surface area contributed by atoms with E-state index in [0.29, 0.717) is 0 Å². The Hall–Kier alpha value is -2.64. The minimum absolute atomic E-state index is 0.135. The fourth-order valence-electron chi connectivity index (χ4n) is 1.66. The molecule has 0 radical (unpaired) electrons. The number of benzene rings is 2. The van der Waals surface area contributed by atoms with E-state index in [1.54, 1.807) is 0 Å². The van der Waals surface area contributed by atoms with Crippen LogP contribution in [-0.4, -0.2) is 6.03 Å². The fraction of sp³-hybridized carbons (Fsp3) is 0.0714. The van der Waals surface area contributed by atoms with Crippen molar-refractivity contribution in [3.05, 3.63) is 59.7 Å². The smallest absolute Gasteiger partial charge is 0.308 e. The van der Waals surface area contributed by atoms with Gasteiger partial charge in [0.1, 0.15) is 0 Å². The predicted molar refractivity (Wildman–Crippen MR) is 70.4 cm³/mol. The molecule has 116 valence electrons. The summed E-state index contributed by atoms with van der Waals surface area (Å²) in [5.41, 5.74) is -1.50. The highest BCUT2D eigenvalue weighted by Crippen LogP contribution is 2.30. The molecule has 0 aliphatic rings. The van der Waals surface area contributed by atoms with Crippen molar-refractivity contribution in [1.82, 2.24) is 0 Å². The van der Waals surface area contributed by atoms with E-state index in [2.05, 4.69) is 5.32 Å². The zero-order valence-corrected chi connectivity index (χ0v) is 10.8. The van der Waals surface area contributed by atoms with Gasteiger partial charge in [-0.25, -0.2) is 13.6 Å². The molecular weight excluding hydrogens is 307 g/mol.